The molecule has 3 aromatic rings. The fraction of sp³-hybridized carbons (Fsp3) is 0. The number of rotatable bonds is 2. The minimum Gasteiger partial charge on any atom is -0.456 e. The number of H-pyrrole nitrogens is 1. The van der Waals surface area contributed by atoms with Gasteiger partial charge in [0.15, 0.2) is 0 Å². The van der Waals surface area contributed by atoms with Crippen molar-refractivity contribution in [3.8, 4) is 11.5 Å². The van der Waals surface area contributed by atoms with E-state index in [-0.39, 0.29) is 4.87 Å². The number of fused-ring (bicyclic) bond motifs is 1. The summed E-state index contributed by atoms with van der Waals surface area (Å²) in [5, 5.41) is 0.473. The summed E-state index contributed by atoms with van der Waals surface area (Å²) in [5.41, 5.74) is 0.732. The summed E-state index contributed by atoms with van der Waals surface area (Å²) in [7, 11) is 0. The fourth-order valence-corrected chi connectivity index (χ4v) is 2.59. The first kappa shape index (κ1) is 11.3. The summed E-state index contributed by atoms with van der Waals surface area (Å²) in [6.45, 7) is 0. The second kappa shape index (κ2) is 4.48. The number of aromatic amines is 1. The van der Waals surface area contributed by atoms with Crippen LogP contribution in [-0.2, 0) is 0 Å². The molecule has 0 aliphatic rings. The quantitative estimate of drug-likeness (QED) is 0.768. The van der Waals surface area contributed by atoms with Crippen LogP contribution in [0.1, 0.15) is 0 Å². The average Bonchev–Trinajstić information content (AvgIpc) is 2.70. The lowest BCUT2D eigenvalue weighted by molar-refractivity contribution is 0.484. The van der Waals surface area contributed by atoms with Gasteiger partial charge in [-0.15, -0.1) is 0 Å². The van der Waals surface area contributed by atoms with Crippen molar-refractivity contribution in [2.45, 2.75) is 0 Å². The van der Waals surface area contributed by atoms with Crippen LogP contribution in [0.25, 0.3) is 10.2 Å². The van der Waals surface area contributed by atoms with E-state index in [0.717, 1.165) is 21.6 Å². The molecular weight excluding hydrogens is 270 g/mol. The lowest BCUT2D eigenvalue weighted by atomic mass is 10.3. The van der Waals surface area contributed by atoms with E-state index in [0.29, 0.717) is 16.5 Å². The monoisotopic (exact) mass is 277 g/mol. The fourth-order valence-electron chi connectivity index (χ4n) is 1.65. The van der Waals surface area contributed by atoms with E-state index >= 15 is 0 Å². The molecule has 0 saturated carbocycles. The van der Waals surface area contributed by atoms with Crippen LogP contribution in [0.3, 0.4) is 0 Å². The van der Waals surface area contributed by atoms with Gasteiger partial charge in [0.25, 0.3) is 0 Å². The van der Waals surface area contributed by atoms with Gasteiger partial charge in [-0.3, -0.25) is 4.79 Å². The third-order valence-electron chi connectivity index (χ3n) is 2.44. The molecule has 0 bridgehead atoms. The molecule has 90 valence electrons. The van der Waals surface area contributed by atoms with Gasteiger partial charge in [0.1, 0.15) is 11.5 Å². The Morgan fingerprint density at radius 2 is 1.94 bits per heavy atom. The Balaban J connectivity index is 2.06. The summed E-state index contributed by atoms with van der Waals surface area (Å²) < 4.78 is 6.51. The maximum Gasteiger partial charge on any atom is 0.305 e. The van der Waals surface area contributed by atoms with Crippen LogP contribution in [0.2, 0.25) is 5.02 Å². The predicted molar refractivity (Wildman–Crippen MR) is 74.0 cm³/mol. The zero-order valence-electron chi connectivity index (χ0n) is 9.14. The molecule has 0 fully saturated rings. The molecule has 1 N–H and O–H groups in total. The predicted octanol–water partition coefficient (Wildman–Crippen LogP) is 4.04. The molecule has 1 heterocycles. The number of nitrogens with one attached hydrogen (secondary N) is 1. The molecule has 1 aromatic heterocycles. The Labute approximate surface area is 112 Å². The maximum absolute atomic E-state index is 11.2. The Bertz CT molecular complexity index is 749. The summed E-state index contributed by atoms with van der Waals surface area (Å²) in [6, 6.07) is 12.9. The molecular formula is C13H8ClNO2S. The van der Waals surface area contributed by atoms with Crippen LogP contribution < -0.4 is 9.61 Å². The van der Waals surface area contributed by atoms with Crippen molar-refractivity contribution < 1.29 is 4.74 Å². The molecule has 0 atom stereocenters. The maximum atomic E-state index is 11.2. The van der Waals surface area contributed by atoms with E-state index in [2.05, 4.69) is 4.98 Å². The van der Waals surface area contributed by atoms with Crippen molar-refractivity contribution in [3.63, 3.8) is 0 Å². The third kappa shape index (κ3) is 2.12. The first-order valence-electron chi connectivity index (χ1n) is 5.27. The smallest absolute Gasteiger partial charge is 0.305 e. The largest absolute Gasteiger partial charge is 0.456 e. The Morgan fingerprint density at radius 3 is 2.72 bits per heavy atom. The second-order valence-electron chi connectivity index (χ2n) is 3.71. The van der Waals surface area contributed by atoms with Crippen LogP contribution in [-0.4, -0.2) is 4.98 Å². The Hall–Kier alpha value is -1.78. The topological polar surface area (TPSA) is 42.1 Å². The van der Waals surface area contributed by atoms with E-state index in [1.165, 1.54) is 0 Å². The minimum absolute atomic E-state index is 0.0991. The van der Waals surface area contributed by atoms with Crippen molar-refractivity contribution in [1.29, 1.82) is 0 Å². The molecule has 0 unspecified atom stereocenters. The molecule has 18 heavy (non-hydrogen) atoms. The first-order valence-corrected chi connectivity index (χ1v) is 6.47. The van der Waals surface area contributed by atoms with Gasteiger partial charge in [-0.05, 0) is 18.2 Å². The average molecular weight is 278 g/mol. The van der Waals surface area contributed by atoms with Gasteiger partial charge in [0.2, 0.25) is 0 Å². The number of ether oxygens (including phenoxy) is 1. The molecule has 0 aliphatic heterocycles. The van der Waals surface area contributed by atoms with Gasteiger partial charge in [0.05, 0.1) is 15.2 Å². The van der Waals surface area contributed by atoms with Crippen LogP contribution in [0.4, 0.5) is 0 Å². The van der Waals surface area contributed by atoms with Crippen molar-refractivity contribution in [3.05, 3.63) is 57.2 Å². The van der Waals surface area contributed by atoms with E-state index in [1.54, 1.807) is 12.1 Å². The van der Waals surface area contributed by atoms with Crippen molar-refractivity contribution in [2.75, 3.05) is 0 Å². The lowest BCUT2D eigenvalue weighted by Crippen LogP contribution is -1.89. The molecule has 0 aliphatic carbocycles. The van der Waals surface area contributed by atoms with Crippen molar-refractivity contribution in [2.24, 2.45) is 0 Å². The van der Waals surface area contributed by atoms with Crippen LogP contribution in [0.15, 0.2) is 47.3 Å². The lowest BCUT2D eigenvalue weighted by Gasteiger charge is -2.07. The van der Waals surface area contributed by atoms with E-state index in [9.17, 15) is 4.79 Å². The zero-order valence-corrected chi connectivity index (χ0v) is 10.7. The highest BCUT2D eigenvalue weighted by Gasteiger charge is 2.08. The number of aromatic nitrogens is 1. The van der Waals surface area contributed by atoms with Gasteiger partial charge in [0, 0.05) is 6.07 Å². The molecule has 0 amide bonds. The summed E-state index contributed by atoms with van der Waals surface area (Å²) in [6.07, 6.45) is 0. The van der Waals surface area contributed by atoms with Crippen LogP contribution in [0.5, 0.6) is 11.5 Å². The Morgan fingerprint density at radius 1 is 1.17 bits per heavy atom. The second-order valence-corrected chi connectivity index (χ2v) is 5.13. The van der Waals surface area contributed by atoms with Gasteiger partial charge >= 0.3 is 4.87 Å². The van der Waals surface area contributed by atoms with E-state index in [4.69, 9.17) is 16.3 Å². The number of para-hydroxylation sites is 1. The molecule has 0 saturated heterocycles. The summed E-state index contributed by atoms with van der Waals surface area (Å²) in [4.78, 5) is 13.9. The summed E-state index contributed by atoms with van der Waals surface area (Å²) >= 11 is 7.26. The molecule has 3 nitrogen and oxygen atoms in total. The molecule has 5 heteroatoms. The van der Waals surface area contributed by atoms with Crippen molar-refractivity contribution in [1.82, 2.24) is 4.98 Å². The SMILES string of the molecule is O=c1[nH]c2cc(Cl)c(Oc3ccccc3)cc2s1. The highest BCUT2D eigenvalue weighted by molar-refractivity contribution is 7.16. The highest BCUT2D eigenvalue weighted by atomic mass is 35.5. The summed E-state index contributed by atoms with van der Waals surface area (Å²) in [5.74, 6) is 1.26. The number of hydrogen-bond acceptors (Lipinski definition) is 3. The van der Waals surface area contributed by atoms with Gasteiger partial charge < -0.3 is 9.72 Å². The van der Waals surface area contributed by atoms with E-state index in [1.807, 2.05) is 30.3 Å². The van der Waals surface area contributed by atoms with Crippen LogP contribution >= 0.6 is 22.9 Å². The molecule has 0 spiro atoms. The first-order chi connectivity index (χ1) is 8.72. The van der Waals surface area contributed by atoms with Crippen LogP contribution in [0, 0.1) is 0 Å². The number of hydrogen-bond donors (Lipinski definition) is 1. The van der Waals surface area contributed by atoms with Gasteiger partial charge in [-0.25, -0.2) is 0 Å². The van der Waals surface area contributed by atoms with Crippen molar-refractivity contribution >= 4 is 33.2 Å². The number of thiazole rings is 1. The number of halogens is 1. The van der Waals surface area contributed by atoms with E-state index < -0.39 is 0 Å². The Kier molecular flexibility index (Phi) is 2.81. The normalized spacial score (nSPS) is 10.7. The zero-order chi connectivity index (χ0) is 12.5. The standard InChI is InChI=1S/C13H8ClNO2S/c14-9-6-10-12(18-13(16)15-10)7-11(9)17-8-4-2-1-3-5-8/h1-7H,(H,15,16). The minimum atomic E-state index is -0.0991. The molecule has 3 rings (SSSR count). The highest BCUT2D eigenvalue weighted by Crippen LogP contribution is 2.33. The number of benzene rings is 2. The third-order valence-corrected chi connectivity index (χ3v) is 3.59. The molecule has 0 radical (unpaired) electrons. The molecule has 2 aromatic carbocycles. The van der Waals surface area contributed by atoms with Gasteiger partial charge in [-0.1, -0.05) is 41.1 Å². The van der Waals surface area contributed by atoms with Gasteiger partial charge in [-0.2, -0.15) is 0 Å².